The molecule has 0 radical (unpaired) electrons. The molecule has 0 saturated carbocycles. The lowest BCUT2D eigenvalue weighted by Gasteiger charge is -2.36. The highest BCUT2D eigenvalue weighted by molar-refractivity contribution is 7.98. The number of benzene rings is 3. The molecule has 260 valence electrons. The zero-order valence-electron chi connectivity index (χ0n) is 28.4. The van der Waals surface area contributed by atoms with Crippen molar-refractivity contribution in [1.82, 2.24) is 15.5 Å². The number of esters is 1. The number of nitrogens with one attached hydrogen (secondary N) is 2. The first kappa shape index (κ1) is 37.2. The van der Waals surface area contributed by atoms with E-state index in [4.69, 9.17) is 18.9 Å². The molecule has 0 bridgehead atoms. The summed E-state index contributed by atoms with van der Waals surface area (Å²) in [5.41, 5.74) is 2.03. The van der Waals surface area contributed by atoms with Crippen LogP contribution in [0.3, 0.4) is 0 Å². The van der Waals surface area contributed by atoms with E-state index in [-0.39, 0.29) is 25.0 Å². The second kappa shape index (κ2) is 19.4. The van der Waals surface area contributed by atoms with Crippen LogP contribution in [0.15, 0.2) is 72.8 Å². The number of thioether (sulfide) groups is 1. The molecule has 10 nitrogen and oxygen atoms in total. The zero-order chi connectivity index (χ0) is 34.3. The Morgan fingerprint density at radius 1 is 0.958 bits per heavy atom. The lowest BCUT2D eigenvalue weighted by atomic mass is 9.99. The Morgan fingerprint density at radius 2 is 1.69 bits per heavy atom. The maximum absolute atomic E-state index is 13.6. The topological polar surface area (TPSA) is 115 Å². The monoisotopic (exact) mass is 679 g/mol. The number of hydrogen-bond acceptors (Lipinski definition) is 9. The number of carbonyl (C=O) groups excluding carboxylic acids is 3. The average Bonchev–Trinajstić information content (AvgIpc) is 3.54. The summed E-state index contributed by atoms with van der Waals surface area (Å²) in [5, 5.41) is 8.12. The lowest BCUT2D eigenvalue weighted by molar-refractivity contribution is -0.145. The van der Waals surface area contributed by atoms with Gasteiger partial charge in [0.15, 0.2) is 6.10 Å². The van der Waals surface area contributed by atoms with Gasteiger partial charge in [0.25, 0.3) is 0 Å². The normalized spacial score (nSPS) is 17.9. The maximum Gasteiger partial charge on any atom is 0.408 e. The number of rotatable bonds is 18. The van der Waals surface area contributed by atoms with Crippen LogP contribution in [0.2, 0.25) is 0 Å². The smallest absolute Gasteiger partial charge is 0.408 e. The average molecular weight is 680 g/mol. The molecule has 4 rings (SSSR count). The highest BCUT2D eigenvalue weighted by atomic mass is 32.2. The van der Waals surface area contributed by atoms with Gasteiger partial charge < -0.3 is 29.6 Å². The Hall–Kier alpha value is -3.64. The number of hydrogen-bond donors (Lipinski definition) is 2. The van der Waals surface area contributed by atoms with Crippen molar-refractivity contribution >= 4 is 40.5 Å². The Balaban J connectivity index is 1.55. The molecule has 0 spiro atoms. The van der Waals surface area contributed by atoms with Gasteiger partial charge in [0.05, 0.1) is 39.6 Å². The molecule has 5 atom stereocenters. The van der Waals surface area contributed by atoms with Crippen molar-refractivity contribution in [2.24, 2.45) is 5.92 Å². The molecular weight excluding hydrogens is 630 g/mol. The molecule has 3 aromatic carbocycles. The number of carbonyl (C=O) groups is 3. The second-order valence-corrected chi connectivity index (χ2v) is 13.1. The summed E-state index contributed by atoms with van der Waals surface area (Å²) in [6, 6.07) is 23.2. The first-order chi connectivity index (χ1) is 23.3. The number of nitrogens with zero attached hydrogens (tertiary/aromatic N) is 1. The van der Waals surface area contributed by atoms with E-state index in [0.29, 0.717) is 31.9 Å². The predicted molar refractivity (Wildman–Crippen MR) is 188 cm³/mol. The van der Waals surface area contributed by atoms with E-state index in [2.05, 4.69) is 42.7 Å². The predicted octanol–water partition coefficient (Wildman–Crippen LogP) is 5.53. The van der Waals surface area contributed by atoms with Gasteiger partial charge >= 0.3 is 12.1 Å². The minimum atomic E-state index is -0.769. The van der Waals surface area contributed by atoms with Gasteiger partial charge in [-0.3, -0.25) is 9.69 Å². The third kappa shape index (κ3) is 10.9. The number of alkyl carbamates (subject to hydrolysis) is 1. The second-order valence-electron chi connectivity index (χ2n) is 12.1. The molecule has 1 saturated heterocycles. The van der Waals surface area contributed by atoms with Crippen LogP contribution in [0, 0.1) is 5.92 Å². The Bertz CT molecular complexity index is 1450. The fraction of sp³-hybridized carbons (Fsp3) is 0.486. The summed E-state index contributed by atoms with van der Waals surface area (Å²) in [6.07, 6.45) is 1.92. The summed E-state index contributed by atoms with van der Waals surface area (Å²) < 4.78 is 22.6. The van der Waals surface area contributed by atoms with E-state index < -0.39 is 36.5 Å². The van der Waals surface area contributed by atoms with Crippen molar-refractivity contribution in [3.05, 3.63) is 83.9 Å². The molecule has 3 aromatic rings. The summed E-state index contributed by atoms with van der Waals surface area (Å²) >= 11 is 1.59. The quantitative estimate of drug-likeness (QED) is 0.132. The summed E-state index contributed by atoms with van der Waals surface area (Å²) in [7, 11) is 1.32. The van der Waals surface area contributed by atoms with Gasteiger partial charge in [0.1, 0.15) is 12.1 Å². The molecule has 1 heterocycles. The molecule has 1 aliphatic rings. The summed E-state index contributed by atoms with van der Waals surface area (Å²) in [5.74, 6) is -0.180. The van der Waals surface area contributed by atoms with Gasteiger partial charge in [0.2, 0.25) is 5.91 Å². The van der Waals surface area contributed by atoms with E-state index >= 15 is 0 Å². The highest BCUT2D eigenvalue weighted by Gasteiger charge is 2.35. The van der Waals surface area contributed by atoms with Crippen LogP contribution in [0.4, 0.5) is 4.79 Å². The molecule has 1 unspecified atom stereocenters. The summed E-state index contributed by atoms with van der Waals surface area (Å²) in [4.78, 5) is 41.7. The van der Waals surface area contributed by atoms with Crippen LogP contribution in [-0.2, 0) is 41.7 Å². The molecule has 1 aliphatic heterocycles. The first-order valence-corrected chi connectivity index (χ1v) is 18.0. The maximum atomic E-state index is 13.6. The van der Waals surface area contributed by atoms with E-state index in [1.165, 1.54) is 7.11 Å². The fourth-order valence-electron chi connectivity index (χ4n) is 6.01. The van der Waals surface area contributed by atoms with Crippen LogP contribution < -0.4 is 10.6 Å². The van der Waals surface area contributed by atoms with Gasteiger partial charge in [-0.1, -0.05) is 93.1 Å². The Morgan fingerprint density at radius 3 is 2.44 bits per heavy atom. The van der Waals surface area contributed by atoms with E-state index in [1.807, 2.05) is 65.8 Å². The molecule has 0 aromatic heterocycles. The number of amides is 2. The van der Waals surface area contributed by atoms with Crippen LogP contribution in [0.1, 0.15) is 44.2 Å². The first-order valence-electron chi connectivity index (χ1n) is 16.6. The highest BCUT2D eigenvalue weighted by Crippen LogP contribution is 2.24. The molecule has 11 heteroatoms. The van der Waals surface area contributed by atoms with Crippen LogP contribution in [0.5, 0.6) is 0 Å². The van der Waals surface area contributed by atoms with E-state index in [0.717, 1.165) is 34.7 Å². The van der Waals surface area contributed by atoms with Crippen molar-refractivity contribution in [2.45, 2.75) is 70.7 Å². The van der Waals surface area contributed by atoms with Crippen molar-refractivity contribution in [3.8, 4) is 0 Å². The van der Waals surface area contributed by atoms with Gasteiger partial charge in [-0.2, -0.15) is 11.8 Å². The Kier molecular flexibility index (Phi) is 15.0. The number of fused-ring (bicyclic) bond motifs is 1. The van der Waals surface area contributed by atoms with Gasteiger partial charge in [-0.05, 0) is 52.7 Å². The molecule has 1 fully saturated rings. The van der Waals surface area contributed by atoms with Gasteiger partial charge in [-0.15, -0.1) is 0 Å². The fourth-order valence-corrected chi connectivity index (χ4v) is 6.48. The molecule has 2 amide bonds. The molecule has 2 N–H and O–H groups in total. The van der Waals surface area contributed by atoms with Crippen LogP contribution >= 0.6 is 11.8 Å². The van der Waals surface area contributed by atoms with Crippen molar-refractivity contribution in [1.29, 1.82) is 0 Å². The SMILES string of the molecule is CCC[C@H](C)C(NC(=O)O[C@H]1COC[C@H]1OCc1ccccc1)N(CC(=O)N[C@@H](CCSC)C(=O)OC)Cc1cccc2ccccc12. The van der Waals surface area contributed by atoms with Gasteiger partial charge in [-0.25, -0.2) is 9.59 Å². The minimum Gasteiger partial charge on any atom is -0.467 e. The molecule has 0 aliphatic carbocycles. The number of ether oxygens (including phenoxy) is 4. The van der Waals surface area contributed by atoms with Gasteiger partial charge in [0, 0.05) is 6.54 Å². The molecular formula is C37H49N3O7S. The van der Waals surface area contributed by atoms with Crippen molar-refractivity contribution < 1.29 is 33.3 Å². The van der Waals surface area contributed by atoms with E-state index in [9.17, 15) is 14.4 Å². The van der Waals surface area contributed by atoms with Crippen LogP contribution in [-0.4, -0.2) is 86.2 Å². The third-order valence-electron chi connectivity index (χ3n) is 8.52. The van der Waals surface area contributed by atoms with Crippen molar-refractivity contribution in [2.75, 3.05) is 38.9 Å². The van der Waals surface area contributed by atoms with E-state index in [1.54, 1.807) is 11.8 Å². The van der Waals surface area contributed by atoms with Crippen molar-refractivity contribution in [3.63, 3.8) is 0 Å². The third-order valence-corrected chi connectivity index (χ3v) is 9.16. The van der Waals surface area contributed by atoms with Crippen LogP contribution in [0.25, 0.3) is 10.8 Å². The lowest BCUT2D eigenvalue weighted by Crippen LogP contribution is -2.56. The largest absolute Gasteiger partial charge is 0.467 e. The zero-order valence-corrected chi connectivity index (χ0v) is 29.2. The Labute approximate surface area is 288 Å². The molecule has 48 heavy (non-hydrogen) atoms. The standard InChI is InChI=1S/C37H49N3O7S/c1-5-12-26(2)35(39-37(43)47-33-25-45-24-32(33)46-23-27-13-7-6-8-14-27)40(21-29-17-11-16-28-15-9-10-18-30(28)29)22-34(41)38-31(19-20-48-4)36(42)44-3/h6-11,13-18,26,31-33,35H,5,12,19-25H2,1-4H3,(H,38,41)(H,39,43)/t26-,31-,32+,33-,35?/m0/s1. The number of methoxy groups -OCH3 is 1. The minimum absolute atomic E-state index is 0.0387. The summed E-state index contributed by atoms with van der Waals surface area (Å²) in [6.45, 7) is 5.39.